The summed E-state index contributed by atoms with van der Waals surface area (Å²) in [6.45, 7) is 0. The minimum Gasteiger partial charge on any atom is -0.351 e. The fourth-order valence-corrected chi connectivity index (χ4v) is 3.93. The van der Waals surface area contributed by atoms with Gasteiger partial charge in [-0.3, -0.25) is 0 Å². The van der Waals surface area contributed by atoms with Gasteiger partial charge in [-0.2, -0.15) is 43.5 Å². The molecule has 4 rings (SSSR count). The van der Waals surface area contributed by atoms with Crippen molar-refractivity contribution in [3.63, 3.8) is 0 Å². The Morgan fingerprint density at radius 2 is 1.18 bits per heavy atom. The number of alkyl halides is 7. The van der Waals surface area contributed by atoms with Crippen molar-refractivity contribution in [3.8, 4) is 11.5 Å². The monoisotopic (exact) mass is 482 g/mol. The summed E-state index contributed by atoms with van der Waals surface area (Å²) in [5.74, 6) is -6.23. The topological polar surface area (TPSA) is 104 Å². The van der Waals surface area contributed by atoms with E-state index in [1.54, 1.807) is 0 Å². The number of hydrogen-bond donors (Lipinski definition) is 3. The smallest absolute Gasteiger partial charge is 0.351 e. The van der Waals surface area contributed by atoms with E-state index in [9.17, 15) is 30.7 Å². The third kappa shape index (κ3) is 5.79. The van der Waals surface area contributed by atoms with E-state index in [0.29, 0.717) is 0 Å². The number of anilines is 2. The van der Waals surface area contributed by atoms with Crippen molar-refractivity contribution in [2.75, 3.05) is 10.6 Å². The van der Waals surface area contributed by atoms with E-state index >= 15 is 0 Å². The van der Waals surface area contributed by atoms with Crippen molar-refractivity contribution < 1.29 is 30.7 Å². The molecule has 0 unspecified atom stereocenters. The van der Waals surface area contributed by atoms with Crippen LogP contribution in [0.15, 0.2) is 0 Å². The molecule has 0 aliphatic heterocycles. The van der Waals surface area contributed by atoms with Crippen LogP contribution in [0, 0.1) is 0 Å². The molecule has 0 amide bonds. The van der Waals surface area contributed by atoms with Crippen LogP contribution in [0.1, 0.15) is 57.1 Å². The first-order valence-electron chi connectivity index (χ1n) is 10.4. The molecule has 0 saturated heterocycles. The Bertz CT molecular complexity index is 909. The zero-order valence-electron chi connectivity index (χ0n) is 17.2. The summed E-state index contributed by atoms with van der Waals surface area (Å²) in [4.78, 5) is 12.1. The molecule has 8 nitrogen and oxygen atoms in total. The lowest BCUT2D eigenvalue weighted by Gasteiger charge is -2.30. The second kappa shape index (κ2) is 8.56. The Labute approximate surface area is 183 Å². The Kier molecular flexibility index (Phi) is 6.07. The third-order valence-electron chi connectivity index (χ3n) is 5.76. The van der Waals surface area contributed by atoms with Gasteiger partial charge in [-0.25, -0.2) is 17.6 Å². The predicted molar refractivity (Wildman–Crippen MR) is 102 cm³/mol. The standard InChI is InChI=1S/C18H21F7N8/c19-16(20)5-1-9(2-6-16)26-14-28-13(11-12(18(23,24)25)32-33-31-11)29-15(30-14)27-10-3-7-17(21,22)8-4-10/h9-10H,1-8H2,(H,31,32,33)(H2,26,27,28,29,30). The lowest BCUT2D eigenvalue weighted by molar-refractivity contribution is -0.140. The van der Waals surface area contributed by atoms with Crippen molar-refractivity contribution in [1.29, 1.82) is 0 Å². The summed E-state index contributed by atoms with van der Waals surface area (Å²) < 4.78 is 93.7. The highest BCUT2D eigenvalue weighted by molar-refractivity contribution is 5.56. The van der Waals surface area contributed by atoms with Crippen molar-refractivity contribution in [2.24, 2.45) is 0 Å². The molecule has 2 saturated carbocycles. The maximum Gasteiger partial charge on any atom is 0.437 e. The molecule has 3 N–H and O–H groups in total. The lowest BCUT2D eigenvalue weighted by Crippen LogP contribution is -2.33. The zero-order valence-corrected chi connectivity index (χ0v) is 17.2. The van der Waals surface area contributed by atoms with Crippen LogP contribution in [-0.2, 0) is 6.18 Å². The summed E-state index contributed by atoms with van der Waals surface area (Å²) in [5.41, 5.74) is -2.00. The van der Waals surface area contributed by atoms with E-state index in [0.717, 1.165) is 0 Å². The van der Waals surface area contributed by atoms with Crippen LogP contribution in [0.25, 0.3) is 11.5 Å². The number of rotatable bonds is 5. The third-order valence-corrected chi connectivity index (χ3v) is 5.76. The first-order chi connectivity index (χ1) is 15.4. The maximum absolute atomic E-state index is 13.4. The quantitative estimate of drug-likeness (QED) is 0.533. The van der Waals surface area contributed by atoms with Crippen LogP contribution in [0.4, 0.5) is 42.6 Å². The number of halogens is 7. The average Bonchev–Trinajstić information content (AvgIpc) is 3.22. The largest absolute Gasteiger partial charge is 0.437 e. The number of nitrogens with one attached hydrogen (secondary N) is 3. The van der Waals surface area contributed by atoms with Crippen LogP contribution in [0.2, 0.25) is 0 Å². The molecule has 2 aromatic rings. The fourth-order valence-electron chi connectivity index (χ4n) is 3.93. The number of aromatic nitrogens is 6. The molecule has 182 valence electrons. The van der Waals surface area contributed by atoms with Crippen molar-refractivity contribution >= 4 is 11.9 Å². The van der Waals surface area contributed by atoms with Gasteiger partial charge in [0.25, 0.3) is 0 Å². The Morgan fingerprint density at radius 1 is 0.727 bits per heavy atom. The second-order valence-electron chi connectivity index (χ2n) is 8.37. The fraction of sp³-hybridized carbons (Fsp3) is 0.722. The summed E-state index contributed by atoms with van der Waals surface area (Å²) in [7, 11) is 0. The molecule has 2 heterocycles. The number of aromatic amines is 1. The Morgan fingerprint density at radius 3 is 1.61 bits per heavy atom. The molecule has 2 aliphatic carbocycles. The van der Waals surface area contributed by atoms with Crippen molar-refractivity contribution in [2.45, 2.75) is 81.5 Å². The molecule has 0 radical (unpaired) electrons. The molecule has 0 spiro atoms. The minimum atomic E-state index is -4.83. The average molecular weight is 482 g/mol. The van der Waals surface area contributed by atoms with Crippen LogP contribution >= 0.6 is 0 Å². The molecule has 2 aromatic heterocycles. The van der Waals surface area contributed by atoms with E-state index in [-0.39, 0.29) is 63.3 Å². The summed E-state index contributed by atoms with van der Waals surface area (Å²) in [5, 5.41) is 14.3. The number of nitrogens with zero attached hydrogens (tertiary/aromatic N) is 5. The van der Waals surface area contributed by atoms with Gasteiger partial charge in [0.2, 0.25) is 23.7 Å². The van der Waals surface area contributed by atoms with Gasteiger partial charge in [0.15, 0.2) is 17.2 Å². The van der Waals surface area contributed by atoms with Crippen LogP contribution < -0.4 is 10.6 Å². The second-order valence-corrected chi connectivity index (χ2v) is 8.37. The van der Waals surface area contributed by atoms with Crippen LogP contribution in [0.3, 0.4) is 0 Å². The molecule has 0 atom stereocenters. The van der Waals surface area contributed by atoms with E-state index in [1.807, 2.05) is 5.21 Å². The highest BCUT2D eigenvalue weighted by Gasteiger charge is 2.40. The predicted octanol–water partition coefficient (Wildman–Crippen LogP) is 4.66. The maximum atomic E-state index is 13.4. The summed E-state index contributed by atoms with van der Waals surface area (Å²) in [6, 6.07) is -0.832. The highest BCUT2D eigenvalue weighted by Crippen LogP contribution is 2.36. The van der Waals surface area contributed by atoms with E-state index in [1.165, 1.54) is 0 Å². The molecular weight excluding hydrogens is 461 g/mol. The summed E-state index contributed by atoms with van der Waals surface area (Å²) in [6.07, 6.45) is -5.73. The zero-order chi connectivity index (χ0) is 23.9. The molecule has 15 heteroatoms. The van der Waals surface area contributed by atoms with Gasteiger partial charge >= 0.3 is 6.18 Å². The first kappa shape index (κ1) is 23.4. The minimum absolute atomic E-state index is 0.117. The normalized spacial score (nSPS) is 21.7. The van der Waals surface area contributed by atoms with Crippen molar-refractivity contribution in [3.05, 3.63) is 5.69 Å². The van der Waals surface area contributed by atoms with E-state index in [4.69, 9.17) is 0 Å². The lowest BCUT2D eigenvalue weighted by atomic mass is 9.92. The SMILES string of the molecule is FC1(F)CCC(Nc2nc(NC3CCC(F)(F)CC3)nc(-c3n[nH]nc3C(F)(F)F)n2)CC1. The Hall–Kier alpha value is -2.74. The first-order valence-corrected chi connectivity index (χ1v) is 10.4. The molecular formula is C18H21F7N8. The Balaban J connectivity index is 1.60. The van der Waals surface area contributed by atoms with E-state index < -0.39 is 47.3 Å². The molecule has 33 heavy (non-hydrogen) atoms. The van der Waals surface area contributed by atoms with Gasteiger partial charge in [0.05, 0.1) is 0 Å². The molecule has 2 aliphatic rings. The van der Waals surface area contributed by atoms with Crippen LogP contribution in [-0.4, -0.2) is 54.3 Å². The number of hydrogen-bond acceptors (Lipinski definition) is 7. The van der Waals surface area contributed by atoms with Crippen molar-refractivity contribution in [1.82, 2.24) is 30.4 Å². The highest BCUT2D eigenvalue weighted by atomic mass is 19.4. The van der Waals surface area contributed by atoms with Gasteiger partial charge < -0.3 is 10.6 Å². The number of H-pyrrole nitrogens is 1. The van der Waals surface area contributed by atoms with E-state index in [2.05, 4.69) is 35.8 Å². The van der Waals surface area contributed by atoms with Gasteiger partial charge in [-0.05, 0) is 25.7 Å². The summed E-state index contributed by atoms with van der Waals surface area (Å²) >= 11 is 0. The molecule has 2 fully saturated rings. The molecule has 0 aromatic carbocycles. The van der Waals surface area contributed by atoms with Gasteiger partial charge in [-0.15, -0.1) is 0 Å². The van der Waals surface area contributed by atoms with Gasteiger partial charge in [0.1, 0.15) is 0 Å². The van der Waals surface area contributed by atoms with Gasteiger partial charge in [0, 0.05) is 37.8 Å². The van der Waals surface area contributed by atoms with Gasteiger partial charge in [-0.1, -0.05) is 0 Å². The molecule has 0 bridgehead atoms. The van der Waals surface area contributed by atoms with Crippen LogP contribution in [0.5, 0.6) is 0 Å².